The average molecular weight is 369 g/mol. The molecule has 28 heavy (non-hydrogen) atoms. The number of para-hydroxylation sites is 2. The zero-order valence-corrected chi connectivity index (χ0v) is 17.7. The maximum Gasteiger partial charge on any atom is 0.0744 e. The van der Waals surface area contributed by atoms with Crippen molar-refractivity contribution in [2.24, 2.45) is 0 Å². The van der Waals surface area contributed by atoms with Crippen LogP contribution < -0.4 is 0 Å². The number of nitrogens with zero attached hydrogens (tertiary/aromatic N) is 2. The largest absolute Gasteiger partial charge is 0.333 e. The summed E-state index contributed by atoms with van der Waals surface area (Å²) in [7, 11) is 0. The van der Waals surface area contributed by atoms with E-state index in [0.29, 0.717) is 0 Å². The van der Waals surface area contributed by atoms with Crippen LogP contribution in [0.3, 0.4) is 0 Å². The molecule has 0 saturated heterocycles. The first-order valence-corrected chi connectivity index (χ1v) is 10.2. The average Bonchev–Trinajstić information content (AvgIpc) is 3.14. The number of hydrogen-bond acceptors (Lipinski definition) is 0. The molecule has 0 atom stereocenters. The maximum absolute atomic E-state index is 2.54. The van der Waals surface area contributed by atoms with Crippen molar-refractivity contribution in [3.8, 4) is 0 Å². The molecular formula is C26H28N2. The highest BCUT2D eigenvalue weighted by molar-refractivity contribution is 6.22. The van der Waals surface area contributed by atoms with E-state index in [9.17, 15) is 0 Å². The molecule has 0 spiro atoms. The van der Waals surface area contributed by atoms with Gasteiger partial charge in [-0.3, -0.25) is 0 Å². The Morgan fingerprint density at radius 3 is 1.18 bits per heavy atom. The summed E-state index contributed by atoms with van der Waals surface area (Å²) in [5, 5.41) is 5.35. The van der Waals surface area contributed by atoms with Gasteiger partial charge in [0.2, 0.25) is 0 Å². The molecule has 0 amide bonds. The van der Waals surface area contributed by atoms with E-state index in [1.54, 1.807) is 0 Å². The van der Waals surface area contributed by atoms with Crippen LogP contribution in [0.2, 0.25) is 0 Å². The summed E-state index contributed by atoms with van der Waals surface area (Å²) in [4.78, 5) is 0. The fourth-order valence-corrected chi connectivity index (χ4v) is 4.89. The van der Waals surface area contributed by atoms with E-state index in [2.05, 4.69) is 111 Å². The lowest BCUT2D eigenvalue weighted by Crippen LogP contribution is -2.24. The van der Waals surface area contributed by atoms with E-state index in [1.165, 1.54) is 43.6 Å². The fraction of sp³-hybridized carbons (Fsp3) is 0.308. The second-order valence-corrected chi connectivity index (χ2v) is 9.90. The predicted molar refractivity (Wildman–Crippen MR) is 122 cm³/mol. The van der Waals surface area contributed by atoms with Gasteiger partial charge in [-0.05, 0) is 53.7 Å². The Balaban J connectivity index is 2.19. The fourth-order valence-electron chi connectivity index (χ4n) is 4.89. The Kier molecular flexibility index (Phi) is 3.35. The number of fused-ring (bicyclic) bond motifs is 7. The first-order valence-electron chi connectivity index (χ1n) is 10.2. The van der Waals surface area contributed by atoms with Crippen LogP contribution in [0.4, 0.5) is 0 Å². The quantitative estimate of drug-likeness (QED) is 0.269. The van der Waals surface area contributed by atoms with Gasteiger partial charge in [-0.15, -0.1) is 0 Å². The summed E-state index contributed by atoms with van der Waals surface area (Å²) < 4.78 is 5.09. The SMILES string of the molecule is CC(C)(C)n1c2ccccc2c2ccc3c4ccccc4n(C(C)(C)C)c3c21. The summed E-state index contributed by atoms with van der Waals surface area (Å²) in [6.45, 7) is 13.8. The highest BCUT2D eigenvalue weighted by atomic mass is 15.1. The summed E-state index contributed by atoms with van der Waals surface area (Å²) in [5.41, 5.74) is 5.27. The van der Waals surface area contributed by atoms with Gasteiger partial charge in [0.1, 0.15) is 0 Å². The molecule has 2 heterocycles. The summed E-state index contributed by atoms with van der Waals surface area (Å²) in [5.74, 6) is 0. The van der Waals surface area contributed by atoms with Crippen LogP contribution in [-0.4, -0.2) is 9.13 Å². The van der Waals surface area contributed by atoms with Gasteiger partial charge >= 0.3 is 0 Å². The molecule has 2 heteroatoms. The number of benzene rings is 3. The third kappa shape index (κ3) is 2.21. The Labute approximate surface area is 166 Å². The minimum Gasteiger partial charge on any atom is -0.333 e. The predicted octanol–water partition coefficient (Wildman–Crippen LogP) is 7.41. The summed E-state index contributed by atoms with van der Waals surface area (Å²) in [6, 6.07) is 22.3. The van der Waals surface area contributed by atoms with Gasteiger partial charge in [0.05, 0.1) is 11.0 Å². The summed E-state index contributed by atoms with van der Waals surface area (Å²) >= 11 is 0. The molecule has 0 fully saturated rings. The monoisotopic (exact) mass is 368 g/mol. The number of rotatable bonds is 0. The maximum atomic E-state index is 2.54. The molecule has 2 nitrogen and oxygen atoms in total. The van der Waals surface area contributed by atoms with E-state index in [1.807, 2.05) is 0 Å². The first-order chi connectivity index (χ1) is 13.2. The van der Waals surface area contributed by atoms with E-state index in [-0.39, 0.29) is 11.1 Å². The van der Waals surface area contributed by atoms with Crippen molar-refractivity contribution < 1.29 is 0 Å². The van der Waals surface area contributed by atoms with Crippen LogP contribution in [0.15, 0.2) is 60.7 Å². The Morgan fingerprint density at radius 1 is 0.464 bits per heavy atom. The van der Waals surface area contributed by atoms with E-state index in [4.69, 9.17) is 0 Å². The second kappa shape index (κ2) is 5.41. The van der Waals surface area contributed by atoms with Crippen LogP contribution >= 0.6 is 0 Å². The number of aromatic nitrogens is 2. The molecule has 0 aliphatic rings. The minimum atomic E-state index is -0.0190. The van der Waals surface area contributed by atoms with Gasteiger partial charge in [-0.2, -0.15) is 0 Å². The van der Waals surface area contributed by atoms with Crippen LogP contribution in [0.25, 0.3) is 43.6 Å². The van der Waals surface area contributed by atoms with Gasteiger partial charge in [0.25, 0.3) is 0 Å². The molecular weight excluding hydrogens is 340 g/mol. The van der Waals surface area contributed by atoms with Gasteiger partial charge in [0.15, 0.2) is 0 Å². The van der Waals surface area contributed by atoms with E-state index >= 15 is 0 Å². The zero-order valence-electron chi connectivity index (χ0n) is 17.7. The Bertz CT molecular complexity index is 1260. The molecule has 0 radical (unpaired) electrons. The van der Waals surface area contributed by atoms with Crippen molar-refractivity contribution in [2.45, 2.75) is 52.6 Å². The second-order valence-electron chi connectivity index (χ2n) is 9.90. The molecule has 0 aliphatic heterocycles. The topological polar surface area (TPSA) is 9.86 Å². The van der Waals surface area contributed by atoms with Gasteiger partial charge in [-0.25, -0.2) is 0 Å². The van der Waals surface area contributed by atoms with Crippen molar-refractivity contribution in [3.63, 3.8) is 0 Å². The zero-order chi connectivity index (χ0) is 19.8. The van der Waals surface area contributed by atoms with Crippen LogP contribution in [0.5, 0.6) is 0 Å². The molecule has 142 valence electrons. The molecule has 2 aromatic heterocycles. The van der Waals surface area contributed by atoms with Crippen molar-refractivity contribution in [1.82, 2.24) is 9.13 Å². The molecule has 3 aromatic carbocycles. The molecule has 0 saturated carbocycles. The highest BCUT2D eigenvalue weighted by Gasteiger charge is 2.27. The molecule has 0 unspecified atom stereocenters. The van der Waals surface area contributed by atoms with Crippen molar-refractivity contribution in [3.05, 3.63) is 60.7 Å². The lowest BCUT2D eigenvalue weighted by molar-refractivity contribution is 0.414. The third-order valence-electron chi connectivity index (χ3n) is 5.81. The lowest BCUT2D eigenvalue weighted by Gasteiger charge is -2.28. The Morgan fingerprint density at radius 2 is 0.821 bits per heavy atom. The third-order valence-corrected chi connectivity index (χ3v) is 5.81. The normalized spacial score (nSPS) is 13.4. The van der Waals surface area contributed by atoms with Gasteiger partial charge in [0, 0.05) is 43.7 Å². The van der Waals surface area contributed by atoms with Crippen LogP contribution in [0, 0.1) is 0 Å². The van der Waals surface area contributed by atoms with Crippen molar-refractivity contribution in [2.75, 3.05) is 0 Å². The van der Waals surface area contributed by atoms with E-state index in [0.717, 1.165) is 0 Å². The lowest BCUT2D eigenvalue weighted by atomic mass is 10.1. The first kappa shape index (κ1) is 17.4. The van der Waals surface area contributed by atoms with Crippen molar-refractivity contribution >= 4 is 43.6 Å². The van der Waals surface area contributed by atoms with Crippen LogP contribution in [-0.2, 0) is 11.1 Å². The smallest absolute Gasteiger partial charge is 0.0744 e. The Hall–Kier alpha value is -2.74. The molecule has 5 rings (SSSR count). The van der Waals surface area contributed by atoms with Crippen LogP contribution in [0.1, 0.15) is 41.5 Å². The van der Waals surface area contributed by atoms with Gasteiger partial charge in [-0.1, -0.05) is 48.5 Å². The van der Waals surface area contributed by atoms with Crippen molar-refractivity contribution in [1.29, 1.82) is 0 Å². The molecule has 5 aromatic rings. The molecule has 0 N–H and O–H groups in total. The van der Waals surface area contributed by atoms with Gasteiger partial charge < -0.3 is 9.13 Å². The molecule has 0 bridgehead atoms. The standard InChI is InChI=1S/C26H28N2/c1-25(2,3)27-21-13-9-7-11-17(21)19-15-16-20-18-12-8-10-14-22(18)28(26(4,5)6)24(20)23(19)27/h7-16H,1-6H3. The molecule has 0 aliphatic carbocycles. The summed E-state index contributed by atoms with van der Waals surface area (Å²) in [6.07, 6.45) is 0. The highest BCUT2D eigenvalue weighted by Crippen LogP contribution is 2.43. The van der Waals surface area contributed by atoms with E-state index < -0.39 is 0 Å². The number of hydrogen-bond donors (Lipinski definition) is 0. The minimum absolute atomic E-state index is 0.0190.